The number of nitrogens with zero attached hydrogens (tertiary/aromatic N) is 1. The topological polar surface area (TPSA) is 15.3 Å². The molecule has 0 saturated heterocycles. The van der Waals surface area contributed by atoms with E-state index in [0.717, 1.165) is 6.54 Å². The maximum absolute atomic E-state index is 3.90. The van der Waals surface area contributed by atoms with E-state index in [4.69, 9.17) is 0 Å². The molecule has 32 heavy (non-hydrogen) atoms. The molecular formula is C30H32N2. The highest BCUT2D eigenvalue weighted by Gasteiger charge is 2.20. The van der Waals surface area contributed by atoms with Crippen LogP contribution in [0.4, 0.5) is 17.1 Å². The van der Waals surface area contributed by atoms with Crippen LogP contribution in [0.5, 0.6) is 0 Å². The van der Waals surface area contributed by atoms with Crippen molar-refractivity contribution >= 4 is 17.1 Å². The maximum atomic E-state index is 3.90. The Bertz CT molecular complexity index is 1140. The Morgan fingerprint density at radius 2 is 1.22 bits per heavy atom. The molecule has 2 nitrogen and oxygen atoms in total. The second kappa shape index (κ2) is 9.74. The molecule has 4 rings (SSSR count). The van der Waals surface area contributed by atoms with Gasteiger partial charge in [-0.3, -0.25) is 0 Å². The van der Waals surface area contributed by atoms with E-state index in [1.807, 2.05) is 0 Å². The number of hydrogen-bond donors (Lipinski definition) is 1. The summed E-state index contributed by atoms with van der Waals surface area (Å²) in [7, 11) is 0. The fourth-order valence-electron chi connectivity index (χ4n) is 4.45. The molecule has 0 amide bonds. The van der Waals surface area contributed by atoms with Crippen LogP contribution in [0.15, 0.2) is 97.1 Å². The van der Waals surface area contributed by atoms with Crippen LogP contribution in [-0.4, -0.2) is 6.54 Å². The summed E-state index contributed by atoms with van der Waals surface area (Å²) in [4.78, 5) is 2.41. The van der Waals surface area contributed by atoms with Gasteiger partial charge in [-0.2, -0.15) is 0 Å². The molecule has 1 atom stereocenters. The van der Waals surface area contributed by atoms with Gasteiger partial charge in [-0.15, -0.1) is 0 Å². The van der Waals surface area contributed by atoms with Crippen molar-refractivity contribution in [3.05, 3.63) is 125 Å². The fraction of sp³-hybridized carbons (Fsp3) is 0.200. The molecular weight excluding hydrogens is 388 g/mol. The minimum atomic E-state index is 0.122. The second-order valence-corrected chi connectivity index (χ2v) is 8.67. The summed E-state index contributed by atoms with van der Waals surface area (Å²) in [5.41, 5.74) is 10.0. The van der Waals surface area contributed by atoms with Crippen molar-refractivity contribution in [1.29, 1.82) is 0 Å². The van der Waals surface area contributed by atoms with E-state index in [2.05, 4.69) is 135 Å². The monoisotopic (exact) mass is 420 g/mol. The minimum Gasteiger partial charge on any atom is -0.376 e. The molecule has 0 radical (unpaired) electrons. The first-order valence-electron chi connectivity index (χ1n) is 11.3. The number of aryl methyl sites for hydroxylation is 4. The van der Waals surface area contributed by atoms with E-state index in [-0.39, 0.29) is 6.04 Å². The van der Waals surface area contributed by atoms with Crippen LogP contribution < -0.4 is 10.2 Å². The SMILES string of the molecule is Cc1cccc(N(CC(Nc2c(C)cc(C)cc2C)c2ccccc2)c2ccccc2)c1. The lowest BCUT2D eigenvalue weighted by Gasteiger charge is -2.32. The predicted octanol–water partition coefficient (Wildman–Crippen LogP) is 7.91. The molecule has 0 spiro atoms. The van der Waals surface area contributed by atoms with Crippen LogP contribution in [0.3, 0.4) is 0 Å². The van der Waals surface area contributed by atoms with Gasteiger partial charge in [0, 0.05) is 23.6 Å². The average molecular weight is 421 g/mol. The first-order chi connectivity index (χ1) is 15.5. The Morgan fingerprint density at radius 1 is 0.625 bits per heavy atom. The minimum absolute atomic E-state index is 0.122. The summed E-state index contributed by atoms with van der Waals surface area (Å²) in [5.74, 6) is 0. The van der Waals surface area contributed by atoms with E-state index >= 15 is 0 Å². The van der Waals surface area contributed by atoms with E-state index < -0.39 is 0 Å². The highest BCUT2D eigenvalue weighted by Crippen LogP contribution is 2.32. The molecule has 0 aliphatic rings. The standard InChI is InChI=1S/C30H32N2/c1-22-12-11-17-28(20-22)32(27-15-9-6-10-16-27)21-29(26-13-7-5-8-14-26)31-30-24(3)18-23(2)19-25(30)4/h5-20,29,31H,21H2,1-4H3. The third-order valence-electron chi connectivity index (χ3n) is 5.94. The number of anilines is 3. The summed E-state index contributed by atoms with van der Waals surface area (Å²) in [5, 5.41) is 3.90. The van der Waals surface area contributed by atoms with E-state index in [9.17, 15) is 0 Å². The van der Waals surface area contributed by atoms with Gasteiger partial charge in [0.2, 0.25) is 0 Å². The van der Waals surface area contributed by atoms with Gasteiger partial charge in [0.25, 0.3) is 0 Å². The lowest BCUT2D eigenvalue weighted by Crippen LogP contribution is -2.28. The molecule has 2 heteroatoms. The Balaban J connectivity index is 1.76. The number of rotatable bonds is 7. The fourth-order valence-corrected chi connectivity index (χ4v) is 4.45. The molecule has 0 aliphatic heterocycles. The zero-order valence-electron chi connectivity index (χ0n) is 19.5. The molecule has 0 fully saturated rings. The lowest BCUT2D eigenvalue weighted by molar-refractivity contribution is 0.765. The maximum Gasteiger partial charge on any atom is 0.0693 e. The Labute approximate surface area is 192 Å². The van der Waals surface area contributed by atoms with Crippen molar-refractivity contribution in [2.75, 3.05) is 16.8 Å². The molecule has 0 aliphatic carbocycles. The predicted molar refractivity (Wildman–Crippen MR) is 138 cm³/mol. The van der Waals surface area contributed by atoms with Crippen LogP contribution in [0, 0.1) is 27.7 Å². The first-order valence-corrected chi connectivity index (χ1v) is 11.3. The van der Waals surface area contributed by atoms with Crippen molar-refractivity contribution < 1.29 is 0 Å². The summed E-state index contributed by atoms with van der Waals surface area (Å²) >= 11 is 0. The Hall–Kier alpha value is -3.52. The van der Waals surface area contributed by atoms with Gasteiger partial charge >= 0.3 is 0 Å². The molecule has 1 N–H and O–H groups in total. The third-order valence-corrected chi connectivity index (χ3v) is 5.94. The van der Waals surface area contributed by atoms with Gasteiger partial charge in [0.15, 0.2) is 0 Å². The largest absolute Gasteiger partial charge is 0.376 e. The van der Waals surface area contributed by atoms with Crippen molar-refractivity contribution in [1.82, 2.24) is 0 Å². The van der Waals surface area contributed by atoms with Crippen molar-refractivity contribution in [3.63, 3.8) is 0 Å². The highest BCUT2D eigenvalue weighted by molar-refractivity contribution is 5.65. The summed E-state index contributed by atoms with van der Waals surface area (Å²) in [6.07, 6.45) is 0. The zero-order valence-corrected chi connectivity index (χ0v) is 19.5. The third kappa shape index (κ3) is 5.03. The van der Waals surface area contributed by atoms with Gasteiger partial charge < -0.3 is 10.2 Å². The number of para-hydroxylation sites is 1. The van der Waals surface area contributed by atoms with Crippen LogP contribution in [0.2, 0.25) is 0 Å². The van der Waals surface area contributed by atoms with E-state index in [1.54, 1.807) is 0 Å². The molecule has 0 aromatic heterocycles. The Kier molecular flexibility index (Phi) is 6.61. The zero-order chi connectivity index (χ0) is 22.5. The summed E-state index contributed by atoms with van der Waals surface area (Å²) < 4.78 is 0. The van der Waals surface area contributed by atoms with Gasteiger partial charge in [-0.05, 0) is 74.2 Å². The molecule has 1 unspecified atom stereocenters. The van der Waals surface area contributed by atoms with Crippen LogP contribution in [0.1, 0.15) is 33.9 Å². The Morgan fingerprint density at radius 3 is 1.84 bits per heavy atom. The highest BCUT2D eigenvalue weighted by atomic mass is 15.2. The van der Waals surface area contributed by atoms with Gasteiger partial charge in [0.05, 0.1) is 6.04 Å². The quantitative estimate of drug-likeness (QED) is 0.327. The number of benzene rings is 4. The van der Waals surface area contributed by atoms with E-state index in [1.165, 1.54) is 44.9 Å². The van der Waals surface area contributed by atoms with E-state index in [0.29, 0.717) is 0 Å². The number of hydrogen-bond acceptors (Lipinski definition) is 2. The summed E-state index contributed by atoms with van der Waals surface area (Å²) in [6.45, 7) is 9.51. The van der Waals surface area contributed by atoms with Crippen LogP contribution in [0.25, 0.3) is 0 Å². The van der Waals surface area contributed by atoms with Crippen LogP contribution in [-0.2, 0) is 0 Å². The van der Waals surface area contributed by atoms with Crippen LogP contribution >= 0.6 is 0 Å². The van der Waals surface area contributed by atoms with Crippen molar-refractivity contribution in [3.8, 4) is 0 Å². The molecule has 0 bridgehead atoms. The first kappa shape index (κ1) is 21.7. The van der Waals surface area contributed by atoms with Crippen molar-refractivity contribution in [2.24, 2.45) is 0 Å². The second-order valence-electron chi connectivity index (χ2n) is 8.67. The van der Waals surface area contributed by atoms with Gasteiger partial charge in [-0.25, -0.2) is 0 Å². The molecule has 162 valence electrons. The molecule has 0 heterocycles. The average Bonchev–Trinajstić information content (AvgIpc) is 2.79. The molecule has 4 aromatic carbocycles. The lowest BCUT2D eigenvalue weighted by atomic mass is 10.0. The molecule has 0 saturated carbocycles. The number of nitrogens with one attached hydrogen (secondary N) is 1. The van der Waals surface area contributed by atoms with Gasteiger partial charge in [-0.1, -0.05) is 78.4 Å². The summed E-state index contributed by atoms with van der Waals surface area (Å²) in [6, 6.07) is 34.8. The molecule has 4 aromatic rings. The van der Waals surface area contributed by atoms with Gasteiger partial charge in [0.1, 0.15) is 0 Å². The smallest absolute Gasteiger partial charge is 0.0693 e. The van der Waals surface area contributed by atoms with Crippen molar-refractivity contribution in [2.45, 2.75) is 33.7 Å². The normalized spacial score (nSPS) is 11.8.